The SMILES string of the molecule is CCCCc1nc2c(N)nc3cc(C(C)CCCCOCCC(C)(C)NC(=O)CCC(=O)ON4C(=O)CCC4=O)ccc3c2n1Cc1cccc(O)c1OP(=O)(O)O. The molecule has 1 fully saturated rings. The third-order valence-electron chi connectivity index (χ3n) is 10.0. The van der Waals surface area contributed by atoms with Gasteiger partial charge in [-0.05, 0) is 63.1 Å². The summed E-state index contributed by atoms with van der Waals surface area (Å²) in [6, 6.07) is 10.6. The predicted octanol–water partition coefficient (Wildman–Crippen LogP) is 5.70. The molecule has 1 saturated heterocycles. The van der Waals surface area contributed by atoms with Crippen molar-refractivity contribution in [3.05, 3.63) is 53.3 Å². The normalized spacial score (nSPS) is 14.1. The minimum absolute atomic E-state index is 0.000534. The first-order chi connectivity index (χ1) is 27.5. The number of nitrogens with one attached hydrogen (secondary N) is 1. The number of amides is 3. The van der Waals surface area contributed by atoms with E-state index in [1.165, 1.54) is 6.07 Å². The van der Waals surface area contributed by atoms with Gasteiger partial charge in [-0.15, -0.1) is 5.06 Å². The fraction of sp³-hybridized carbons (Fsp3) is 0.500. The van der Waals surface area contributed by atoms with Crippen molar-refractivity contribution in [1.82, 2.24) is 24.9 Å². The van der Waals surface area contributed by atoms with Gasteiger partial charge in [0.1, 0.15) is 11.3 Å². The standard InChI is InChI=1S/C40H53N6O11P/c1-5-6-13-31-43-36-37(45(31)24-27-11-9-12-30(47)38(27)57-58(52,53)54)28-15-14-26(23-29(28)42-39(36)41)25(2)10-7-8-21-55-22-20-40(3,4)44-32(48)16-19-35(51)56-46-33(49)17-18-34(46)50/h9,11-12,14-15,23,25,47H,5-8,10,13,16-22,24H2,1-4H3,(H2,41,42)(H,44,48)(H2,52,53,54). The minimum Gasteiger partial charge on any atom is -0.504 e. The van der Waals surface area contributed by atoms with Crippen LogP contribution in [0, 0.1) is 0 Å². The van der Waals surface area contributed by atoms with Gasteiger partial charge in [-0.1, -0.05) is 51.0 Å². The molecule has 18 heteroatoms. The highest BCUT2D eigenvalue weighted by molar-refractivity contribution is 7.46. The molecule has 1 aliphatic rings. The number of anilines is 1. The van der Waals surface area contributed by atoms with E-state index >= 15 is 0 Å². The van der Waals surface area contributed by atoms with E-state index < -0.39 is 36.9 Å². The molecule has 3 heterocycles. The summed E-state index contributed by atoms with van der Waals surface area (Å²) in [5.74, 6) is -1.81. The molecule has 17 nitrogen and oxygen atoms in total. The highest BCUT2D eigenvalue weighted by Gasteiger charge is 2.33. The average Bonchev–Trinajstić information content (AvgIpc) is 3.68. The van der Waals surface area contributed by atoms with Crippen LogP contribution in [-0.2, 0) is 46.3 Å². The van der Waals surface area contributed by atoms with E-state index in [0.717, 1.165) is 54.4 Å². The molecule has 0 saturated carbocycles. The van der Waals surface area contributed by atoms with E-state index in [4.69, 9.17) is 29.8 Å². The summed E-state index contributed by atoms with van der Waals surface area (Å²) in [5, 5.41) is 14.6. The molecular weight excluding hydrogens is 771 g/mol. The lowest BCUT2D eigenvalue weighted by molar-refractivity contribution is -0.197. The molecule has 1 unspecified atom stereocenters. The largest absolute Gasteiger partial charge is 0.524 e. The van der Waals surface area contributed by atoms with Gasteiger partial charge in [0.05, 0.1) is 24.0 Å². The Morgan fingerprint density at radius 2 is 1.78 bits per heavy atom. The summed E-state index contributed by atoms with van der Waals surface area (Å²) in [7, 11) is -4.97. The molecule has 3 amide bonds. The number of fused-ring (bicyclic) bond motifs is 3. The average molecular weight is 825 g/mol. The Balaban J connectivity index is 1.14. The number of phosphoric ester groups is 1. The molecule has 2 aromatic carbocycles. The van der Waals surface area contributed by atoms with E-state index in [1.54, 1.807) is 12.1 Å². The van der Waals surface area contributed by atoms with Crippen LogP contribution in [0.5, 0.6) is 11.5 Å². The number of carbonyl (C=O) groups is 4. The number of benzene rings is 2. The Bertz CT molecular complexity index is 2180. The number of phenolic OH excluding ortho intramolecular Hbond substituents is 1. The Morgan fingerprint density at radius 3 is 2.48 bits per heavy atom. The number of pyridine rings is 1. The number of hydrogen-bond donors (Lipinski definition) is 5. The lowest BCUT2D eigenvalue weighted by Crippen LogP contribution is -2.44. The minimum atomic E-state index is -4.97. The van der Waals surface area contributed by atoms with Crippen LogP contribution in [0.15, 0.2) is 36.4 Å². The highest BCUT2D eigenvalue weighted by atomic mass is 31.2. The molecule has 6 N–H and O–H groups in total. The van der Waals surface area contributed by atoms with Crippen LogP contribution >= 0.6 is 7.82 Å². The van der Waals surface area contributed by atoms with Gasteiger partial charge in [-0.3, -0.25) is 24.2 Å². The maximum Gasteiger partial charge on any atom is 0.524 e. The van der Waals surface area contributed by atoms with E-state index in [9.17, 15) is 38.6 Å². The van der Waals surface area contributed by atoms with Crippen molar-refractivity contribution in [2.45, 2.75) is 116 Å². The summed E-state index contributed by atoms with van der Waals surface area (Å²) < 4.78 is 24.5. The first kappa shape index (κ1) is 44.0. The van der Waals surface area contributed by atoms with Crippen LogP contribution < -0.4 is 15.6 Å². The number of imidazole rings is 1. The number of aryl methyl sites for hydroxylation is 1. The molecular formula is C40H53N6O11P. The third-order valence-corrected chi connectivity index (χ3v) is 10.4. The van der Waals surface area contributed by atoms with Gasteiger partial charge >= 0.3 is 13.8 Å². The summed E-state index contributed by atoms with van der Waals surface area (Å²) in [5.41, 5.74) is 9.32. The summed E-state index contributed by atoms with van der Waals surface area (Å²) >= 11 is 0. The van der Waals surface area contributed by atoms with Gasteiger partial charge < -0.3 is 34.8 Å². The lowest BCUT2D eigenvalue weighted by Gasteiger charge is -2.26. The zero-order chi connectivity index (χ0) is 42.2. The fourth-order valence-corrected chi connectivity index (χ4v) is 7.29. The molecule has 0 aliphatic carbocycles. The second-order valence-corrected chi connectivity index (χ2v) is 16.4. The molecule has 314 valence electrons. The summed E-state index contributed by atoms with van der Waals surface area (Å²) in [4.78, 5) is 81.2. The monoisotopic (exact) mass is 824 g/mol. The third kappa shape index (κ3) is 11.5. The number of nitrogens with zero attached hydrogens (tertiary/aromatic N) is 4. The number of rotatable bonds is 21. The number of aromatic hydroxyl groups is 1. The number of nitrogen functional groups attached to an aromatic ring is 1. The van der Waals surface area contributed by atoms with E-state index in [0.29, 0.717) is 47.7 Å². The number of hydrogen-bond acceptors (Lipinski definition) is 12. The Hall–Kier alpha value is -5.09. The van der Waals surface area contributed by atoms with Gasteiger partial charge in [0.2, 0.25) is 5.91 Å². The number of ether oxygens (including phenoxy) is 1. The van der Waals surface area contributed by atoms with Crippen LogP contribution in [0.1, 0.15) is 115 Å². The molecule has 4 aromatic rings. The highest BCUT2D eigenvalue weighted by Crippen LogP contribution is 2.44. The second kappa shape index (κ2) is 19.1. The number of unbranched alkanes of at least 4 members (excludes halogenated alkanes) is 2. The molecule has 2 aromatic heterocycles. The van der Waals surface area contributed by atoms with Gasteiger partial charge in [-0.2, -0.15) is 0 Å². The van der Waals surface area contributed by atoms with Crippen molar-refractivity contribution in [2.24, 2.45) is 0 Å². The van der Waals surface area contributed by atoms with Crippen LogP contribution in [0.3, 0.4) is 0 Å². The fourth-order valence-electron chi connectivity index (χ4n) is 6.84. The van der Waals surface area contributed by atoms with Crippen molar-refractivity contribution in [3.8, 4) is 11.5 Å². The van der Waals surface area contributed by atoms with Crippen molar-refractivity contribution in [3.63, 3.8) is 0 Å². The number of phosphoric acid groups is 1. The molecule has 0 spiro atoms. The summed E-state index contributed by atoms with van der Waals surface area (Å²) in [6.07, 6.45) is 5.18. The van der Waals surface area contributed by atoms with Gasteiger partial charge in [0.25, 0.3) is 11.8 Å². The smallest absolute Gasteiger partial charge is 0.504 e. The first-order valence-corrected chi connectivity index (χ1v) is 21.1. The Kier molecular flexibility index (Phi) is 14.5. The quantitative estimate of drug-likeness (QED) is 0.0385. The zero-order valence-electron chi connectivity index (χ0n) is 33.4. The molecule has 0 bridgehead atoms. The number of para-hydroxylation sites is 1. The number of hydroxylamine groups is 2. The van der Waals surface area contributed by atoms with Gasteiger partial charge in [0, 0.05) is 55.4 Å². The zero-order valence-corrected chi connectivity index (χ0v) is 34.3. The van der Waals surface area contributed by atoms with Crippen LogP contribution in [0.4, 0.5) is 5.82 Å². The van der Waals surface area contributed by atoms with Crippen LogP contribution in [0.2, 0.25) is 0 Å². The second-order valence-electron chi connectivity index (χ2n) is 15.3. The number of imide groups is 1. The van der Waals surface area contributed by atoms with Crippen LogP contribution in [0.25, 0.3) is 21.9 Å². The number of aromatic nitrogens is 3. The molecule has 1 aliphatic heterocycles. The van der Waals surface area contributed by atoms with E-state index in [-0.39, 0.29) is 55.6 Å². The molecule has 1 atom stereocenters. The van der Waals surface area contributed by atoms with Gasteiger partial charge in [0.15, 0.2) is 17.3 Å². The van der Waals surface area contributed by atoms with Crippen molar-refractivity contribution >= 4 is 59.3 Å². The molecule has 0 radical (unpaired) electrons. The first-order valence-electron chi connectivity index (χ1n) is 19.6. The summed E-state index contributed by atoms with van der Waals surface area (Å²) in [6.45, 7) is 9.03. The number of phenols is 1. The Labute approximate surface area is 336 Å². The van der Waals surface area contributed by atoms with Gasteiger partial charge in [-0.25, -0.2) is 19.3 Å². The Morgan fingerprint density at radius 1 is 1.03 bits per heavy atom. The number of carbonyl (C=O) groups excluding carboxylic acids is 4. The van der Waals surface area contributed by atoms with E-state index in [2.05, 4.69) is 25.2 Å². The van der Waals surface area contributed by atoms with Crippen molar-refractivity contribution in [2.75, 3.05) is 18.9 Å². The molecule has 58 heavy (non-hydrogen) atoms. The van der Waals surface area contributed by atoms with E-state index in [1.807, 2.05) is 30.5 Å². The maximum atomic E-state index is 12.5. The topological polar surface area (TPSA) is 246 Å². The lowest BCUT2D eigenvalue weighted by atomic mass is 9.94. The number of nitrogens with two attached hydrogens (primary N) is 1. The maximum absolute atomic E-state index is 12.5. The molecule has 5 rings (SSSR count). The van der Waals surface area contributed by atoms with Crippen LogP contribution in [-0.4, -0.2) is 76.9 Å². The predicted molar refractivity (Wildman–Crippen MR) is 214 cm³/mol. The van der Waals surface area contributed by atoms with Crippen molar-refractivity contribution in [1.29, 1.82) is 0 Å². The van der Waals surface area contributed by atoms with Crippen molar-refractivity contribution < 1.29 is 52.7 Å².